The van der Waals surface area contributed by atoms with Crippen LogP contribution in [0.15, 0.2) is 24.3 Å². The molecule has 2 aliphatic heterocycles. The lowest BCUT2D eigenvalue weighted by Crippen LogP contribution is -2.34. The second-order valence-electron chi connectivity index (χ2n) is 5.19. The Bertz CT molecular complexity index is 401. The van der Waals surface area contributed by atoms with Gasteiger partial charge in [-0.05, 0) is 31.4 Å². The van der Waals surface area contributed by atoms with Crippen molar-refractivity contribution < 1.29 is 9.47 Å². The molecule has 0 radical (unpaired) electrons. The largest absolute Gasteiger partial charge is 0.368 e. The van der Waals surface area contributed by atoms with Crippen molar-refractivity contribution in [2.75, 3.05) is 24.7 Å². The van der Waals surface area contributed by atoms with Crippen molar-refractivity contribution in [1.29, 1.82) is 0 Å². The summed E-state index contributed by atoms with van der Waals surface area (Å²) in [4.78, 5) is 2.48. The number of anilines is 1. The van der Waals surface area contributed by atoms with E-state index in [1.807, 2.05) is 0 Å². The van der Waals surface area contributed by atoms with Gasteiger partial charge in [-0.25, -0.2) is 0 Å². The molecule has 3 rings (SSSR count). The lowest BCUT2D eigenvalue weighted by Gasteiger charge is -2.29. The molecule has 18 heavy (non-hydrogen) atoms. The fraction of sp³-hybridized carbons (Fsp3) is 0.600. The molecule has 0 saturated carbocycles. The summed E-state index contributed by atoms with van der Waals surface area (Å²) in [6.07, 6.45) is 3.14. The summed E-state index contributed by atoms with van der Waals surface area (Å²) in [5.74, 6) is 0. The lowest BCUT2D eigenvalue weighted by molar-refractivity contribution is -0.179. The highest BCUT2D eigenvalue weighted by Gasteiger charge is 2.26. The van der Waals surface area contributed by atoms with Crippen LogP contribution in [0.25, 0.3) is 0 Å². The molecule has 1 fully saturated rings. The van der Waals surface area contributed by atoms with Crippen molar-refractivity contribution in [3.05, 3.63) is 29.8 Å². The molecular weight excluding hydrogens is 226 g/mol. The first-order valence-electron chi connectivity index (χ1n) is 6.92. The maximum atomic E-state index is 5.61. The molecule has 0 spiro atoms. The predicted octanol–water partition coefficient (Wildman–Crippen LogP) is 2.59. The van der Waals surface area contributed by atoms with Crippen LogP contribution in [0.1, 0.15) is 25.3 Å². The smallest absolute Gasteiger partial charge is 0.159 e. The quantitative estimate of drug-likeness (QED) is 0.819. The van der Waals surface area contributed by atoms with E-state index in [-0.39, 0.29) is 6.29 Å². The minimum absolute atomic E-state index is 0.00119. The summed E-state index contributed by atoms with van der Waals surface area (Å²) in [6, 6.07) is 9.30. The van der Waals surface area contributed by atoms with Crippen LogP contribution in [0.4, 0.5) is 5.69 Å². The van der Waals surface area contributed by atoms with E-state index in [1.165, 1.54) is 11.3 Å². The third kappa shape index (κ3) is 2.38. The fourth-order valence-electron chi connectivity index (χ4n) is 2.92. The average Bonchev–Trinajstić information content (AvgIpc) is 2.73. The van der Waals surface area contributed by atoms with Crippen molar-refractivity contribution in [3.8, 4) is 0 Å². The van der Waals surface area contributed by atoms with Gasteiger partial charge in [-0.15, -0.1) is 0 Å². The number of fused-ring (bicyclic) bond motifs is 1. The third-order valence-electron chi connectivity index (χ3n) is 3.85. The standard InChI is InChI=1S/C15H21NO2/c1-12-11-13-5-2-3-6-14(13)16(12)8-7-15-17-9-4-10-18-15/h2-3,5-6,12,15H,4,7-11H2,1H3. The molecular formula is C15H21NO2. The third-order valence-corrected chi connectivity index (χ3v) is 3.85. The summed E-state index contributed by atoms with van der Waals surface area (Å²) in [6.45, 7) is 5.00. The molecule has 2 heterocycles. The van der Waals surface area contributed by atoms with Gasteiger partial charge in [0.05, 0.1) is 13.2 Å². The van der Waals surface area contributed by atoms with Crippen LogP contribution in [-0.4, -0.2) is 32.1 Å². The molecule has 1 atom stereocenters. The van der Waals surface area contributed by atoms with Crippen LogP contribution in [0.3, 0.4) is 0 Å². The van der Waals surface area contributed by atoms with Crippen LogP contribution in [0, 0.1) is 0 Å². The van der Waals surface area contributed by atoms with E-state index in [2.05, 4.69) is 36.1 Å². The van der Waals surface area contributed by atoms with Crippen LogP contribution in [0.5, 0.6) is 0 Å². The SMILES string of the molecule is CC1Cc2ccccc2N1CCC1OCCCO1. The van der Waals surface area contributed by atoms with E-state index >= 15 is 0 Å². The molecule has 0 aliphatic carbocycles. The Morgan fingerprint density at radius 2 is 2.00 bits per heavy atom. The van der Waals surface area contributed by atoms with E-state index in [1.54, 1.807) is 0 Å². The van der Waals surface area contributed by atoms with Crippen molar-refractivity contribution >= 4 is 5.69 Å². The summed E-state index contributed by atoms with van der Waals surface area (Å²) in [7, 11) is 0. The van der Waals surface area contributed by atoms with E-state index in [0.717, 1.165) is 39.0 Å². The Morgan fingerprint density at radius 3 is 2.83 bits per heavy atom. The van der Waals surface area contributed by atoms with Gasteiger partial charge in [-0.3, -0.25) is 0 Å². The minimum atomic E-state index is -0.00119. The number of hydrogen-bond acceptors (Lipinski definition) is 3. The van der Waals surface area contributed by atoms with Gasteiger partial charge in [0.1, 0.15) is 0 Å². The van der Waals surface area contributed by atoms with E-state index in [4.69, 9.17) is 9.47 Å². The minimum Gasteiger partial charge on any atom is -0.368 e. The fourth-order valence-corrected chi connectivity index (χ4v) is 2.92. The zero-order valence-electron chi connectivity index (χ0n) is 11.0. The molecule has 1 saturated heterocycles. The first-order chi connectivity index (χ1) is 8.84. The Labute approximate surface area is 109 Å². The van der Waals surface area contributed by atoms with Gasteiger partial charge in [0, 0.05) is 24.7 Å². The first-order valence-corrected chi connectivity index (χ1v) is 6.92. The van der Waals surface area contributed by atoms with Gasteiger partial charge in [-0.2, -0.15) is 0 Å². The van der Waals surface area contributed by atoms with E-state index < -0.39 is 0 Å². The maximum Gasteiger partial charge on any atom is 0.159 e. The molecule has 98 valence electrons. The van der Waals surface area contributed by atoms with Crippen molar-refractivity contribution in [2.45, 2.75) is 38.5 Å². The highest BCUT2D eigenvalue weighted by atomic mass is 16.7. The van der Waals surface area contributed by atoms with Crippen LogP contribution in [0.2, 0.25) is 0 Å². The van der Waals surface area contributed by atoms with Gasteiger partial charge < -0.3 is 14.4 Å². The van der Waals surface area contributed by atoms with Crippen molar-refractivity contribution in [2.24, 2.45) is 0 Å². The Morgan fingerprint density at radius 1 is 1.22 bits per heavy atom. The molecule has 2 aliphatic rings. The van der Waals surface area contributed by atoms with Crippen molar-refractivity contribution in [1.82, 2.24) is 0 Å². The molecule has 1 aromatic rings. The van der Waals surface area contributed by atoms with Gasteiger partial charge in [-0.1, -0.05) is 18.2 Å². The molecule has 0 aromatic heterocycles. The Hall–Kier alpha value is -1.06. The monoisotopic (exact) mass is 247 g/mol. The lowest BCUT2D eigenvalue weighted by atomic mass is 10.1. The molecule has 0 amide bonds. The van der Waals surface area contributed by atoms with E-state index in [9.17, 15) is 0 Å². The van der Waals surface area contributed by atoms with Gasteiger partial charge in [0.15, 0.2) is 6.29 Å². The normalized spacial score (nSPS) is 24.3. The maximum absolute atomic E-state index is 5.61. The molecule has 1 aromatic carbocycles. The number of ether oxygens (including phenoxy) is 2. The summed E-state index contributed by atoms with van der Waals surface area (Å²) in [5.41, 5.74) is 2.86. The molecule has 0 bridgehead atoms. The zero-order chi connectivity index (χ0) is 12.4. The summed E-state index contributed by atoms with van der Waals surface area (Å²) >= 11 is 0. The summed E-state index contributed by atoms with van der Waals surface area (Å²) in [5, 5.41) is 0. The number of para-hydroxylation sites is 1. The van der Waals surface area contributed by atoms with Gasteiger partial charge in [0.25, 0.3) is 0 Å². The number of rotatable bonds is 3. The van der Waals surface area contributed by atoms with Crippen molar-refractivity contribution in [3.63, 3.8) is 0 Å². The molecule has 3 heteroatoms. The highest BCUT2D eigenvalue weighted by molar-refractivity contribution is 5.59. The predicted molar refractivity (Wildman–Crippen MR) is 71.9 cm³/mol. The Balaban J connectivity index is 1.62. The van der Waals surface area contributed by atoms with E-state index in [0.29, 0.717) is 6.04 Å². The second-order valence-corrected chi connectivity index (χ2v) is 5.19. The van der Waals surface area contributed by atoms with Gasteiger partial charge >= 0.3 is 0 Å². The highest BCUT2D eigenvalue weighted by Crippen LogP contribution is 2.32. The van der Waals surface area contributed by atoms with Crippen LogP contribution >= 0.6 is 0 Å². The average molecular weight is 247 g/mol. The topological polar surface area (TPSA) is 21.7 Å². The second kappa shape index (κ2) is 5.29. The number of hydrogen-bond donors (Lipinski definition) is 0. The number of nitrogens with zero attached hydrogens (tertiary/aromatic N) is 1. The summed E-state index contributed by atoms with van der Waals surface area (Å²) < 4.78 is 11.2. The Kier molecular flexibility index (Phi) is 3.52. The number of benzene rings is 1. The zero-order valence-corrected chi connectivity index (χ0v) is 11.0. The van der Waals surface area contributed by atoms with Crippen LogP contribution in [-0.2, 0) is 15.9 Å². The molecule has 3 nitrogen and oxygen atoms in total. The van der Waals surface area contributed by atoms with Gasteiger partial charge in [0.2, 0.25) is 0 Å². The van der Waals surface area contributed by atoms with Crippen LogP contribution < -0.4 is 4.90 Å². The molecule has 0 N–H and O–H groups in total. The molecule has 1 unspecified atom stereocenters. The first kappa shape index (κ1) is 12.0.